The molecule has 126 valence electrons. The predicted octanol–water partition coefficient (Wildman–Crippen LogP) is 2.79. The highest BCUT2D eigenvalue weighted by Gasteiger charge is 2.20. The van der Waals surface area contributed by atoms with Crippen LogP contribution in [0.3, 0.4) is 0 Å². The van der Waals surface area contributed by atoms with Crippen LogP contribution in [-0.4, -0.2) is 33.8 Å². The molecule has 0 radical (unpaired) electrons. The van der Waals surface area contributed by atoms with E-state index < -0.39 is 0 Å². The summed E-state index contributed by atoms with van der Waals surface area (Å²) in [5.41, 5.74) is 2.40. The predicted molar refractivity (Wildman–Crippen MR) is 88.4 cm³/mol. The second-order valence-electron chi connectivity index (χ2n) is 6.60. The molecule has 2 aromatic heterocycles. The number of pyridine rings is 1. The molecule has 0 aromatic carbocycles. The van der Waals surface area contributed by atoms with Crippen molar-refractivity contribution >= 4 is 17.0 Å². The molecule has 0 saturated heterocycles. The van der Waals surface area contributed by atoms with E-state index in [1.54, 1.807) is 13.8 Å². The number of carbonyl (C=O) groups is 1. The second kappa shape index (κ2) is 7.08. The van der Waals surface area contributed by atoms with Crippen molar-refractivity contribution in [1.82, 2.24) is 15.5 Å². The van der Waals surface area contributed by atoms with Crippen molar-refractivity contribution < 1.29 is 14.4 Å². The summed E-state index contributed by atoms with van der Waals surface area (Å²) in [7, 11) is 0. The lowest BCUT2D eigenvalue weighted by molar-refractivity contribution is 0.0940. The van der Waals surface area contributed by atoms with Gasteiger partial charge in [0.05, 0.1) is 22.7 Å². The Morgan fingerprint density at radius 3 is 2.65 bits per heavy atom. The van der Waals surface area contributed by atoms with E-state index in [9.17, 15) is 9.90 Å². The number of aromatic nitrogens is 2. The lowest BCUT2D eigenvalue weighted by Gasteiger charge is -2.15. The average Bonchev–Trinajstić information content (AvgIpc) is 2.84. The van der Waals surface area contributed by atoms with E-state index in [0.717, 1.165) is 5.69 Å². The first-order valence-electron chi connectivity index (χ1n) is 8.02. The zero-order chi connectivity index (χ0) is 17.1. The Morgan fingerprint density at radius 2 is 2.04 bits per heavy atom. The topological polar surface area (TPSA) is 88.2 Å². The van der Waals surface area contributed by atoms with Crippen LogP contribution in [-0.2, 0) is 0 Å². The summed E-state index contributed by atoms with van der Waals surface area (Å²) < 4.78 is 5.23. The summed E-state index contributed by atoms with van der Waals surface area (Å²) in [6, 6.07) is 1.81. The monoisotopic (exact) mass is 319 g/mol. The summed E-state index contributed by atoms with van der Waals surface area (Å²) in [5, 5.41) is 16.9. The van der Waals surface area contributed by atoms with Crippen LogP contribution in [0.5, 0.6) is 0 Å². The highest BCUT2D eigenvalue weighted by molar-refractivity contribution is 6.06. The van der Waals surface area contributed by atoms with Gasteiger partial charge in [-0.1, -0.05) is 25.9 Å². The van der Waals surface area contributed by atoms with Crippen molar-refractivity contribution in [3.8, 4) is 0 Å². The molecule has 0 bridgehead atoms. The van der Waals surface area contributed by atoms with Gasteiger partial charge in [0.15, 0.2) is 0 Å². The Morgan fingerprint density at radius 1 is 1.35 bits per heavy atom. The van der Waals surface area contributed by atoms with Crippen molar-refractivity contribution in [3.05, 3.63) is 23.0 Å². The van der Waals surface area contributed by atoms with Gasteiger partial charge in [0.25, 0.3) is 11.6 Å². The van der Waals surface area contributed by atoms with Gasteiger partial charge < -0.3 is 14.9 Å². The number of aliphatic hydroxyl groups is 1. The van der Waals surface area contributed by atoms with E-state index in [-0.39, 0.29) is 23.8 Å². The standard InChI is InChI=1S/C17H25N3O3/c1-9(2)14-7-13(15-12(5)20-23-17(15)19-14)16(22)18-8-10(3)6-11(4)21/h7,9-11,21H,6,8H2,1-5H3,(H,18,22). The Kier molecular flexibility index (Phi) is 5.36. The Labute approximate surface area is 136 Å². The van der Waals surface area contributed by atoms with E-state index in [1.165, 1.54) is 0 Å². The number of hydrogen-bond donors (Lipinski definition) is 2. The van der Waals surface area contributed by atoms with Crippen molar-refractivity contribution in [2.24, 2.45) is 5.92 Å². The molecule has 0 fully saturated rings. The van der Waals surface area contributed by atoms with Crippen LogP contribution in [0.25, 0.3) is 11.1 Å². The Hall–Kier alpha value is -1.95. The maximum Gasteiger partial charge on any atom is 0.259 e. The lowest BCUT2D eigenvalue weighted by Crippen LogP contribution is -2.29. The Balaban J connectivity index is 2.26. The molecule has 2 atom stereocenters. The molecule has 23 heavy (non-hydrogen) atoms. The zero-order valence-electron chi connectivity index (χ0n) is 14.4. The molecule has 2 aromatic rings. The van der Waals surface area contributed by atoms with Crippen LogP contribution in [0, 0.1) is 12.8 Å². The smallest absolute Gasteiger partial charge is 0.259 e. The van der Waals surface area contributed by atoms with E-state index in [2.05, 4.69) is 15.5 Å². The highest BCUT2D eigenvalue weighted by Crippen LogP contribution is 2.25. The molecular formula is C17H25N3O3. The van der Waals surface area contributed by atoms with Crippen LogP contribution in [0.15, 0.2) is 10.6 Å². The number of aryl methyl sites for hydroxylation is 1. The molecule has 0 aliphatic heterocycles. The minimum Gasteiger partial charge on any atom is -0.393 e. The number of nitrogens with one attached hydrogen (secondary N) is 1. The molecular weight excluding hydrogens is 294 g/mol. The molecule has 0 aliphatic carbocycles. The molecule has 0 saturated carbocycles. The normalized spacial score (nSPS) is 14.2. The highest BCUT2D eigenvalue weighted by atomic mass is 16.5. The van der Waals surface area contributed by atoms with Crippen LogP contribution in [0.1, 0.15) is 61.8 Å². The number of hydrogen-bond acceptors (Lipinski definition) is 5. The van der Waals surface area contributed by atoms with Crippen molar-refractivity contribution in [2.45, 2.75) is 53.1 Å². The van der Waals surface area contributed by atoms with Gasteiger partial charge in [-0.25, -0.2) is 4.98 Å². The van der Waals surface area contributed by atoms with Gasteiger partial charge in [-0.05, 0) is 38.2 Å². The molecule has 0 spiro atoms. The first-order chi connectivity index (χ1) is 10.8. The van der Waals surface area contributed by atoms with Crippen LogP contribution >= 0.6 is 0 Å². The van der Waals surface area contributed by atoms with Crippen LogP contribution < -0.4 is 5.32 Å². The molecule has 2 heterocycles. The summed E-state index contributed by atoms with van der Waals surface area (Å²) in [6.45, 7) is 10.1. The number of fused-ring (bicyclic) bond motifs is 1. The van der Waals surface area contributed by atoms with Gasteiger partial charge in [-0.2, -0.15) is 0 Å². The Bertz CT molecular complexity index is 692. The quantitative estimate of drug-likeness (QED) is 0.854. The molecule has 6 nitrogen and oxygen atoms in total. The number of carbonyl (C=O) groups excluding carboxylic acids is 1. The fraction of sp³-hybridized carbons (Fsp3) is 0.588. The first-order valence-corrected chi connectivity index (χ1v) is 8.02. The summed E-state index contributed by atoms with van der Waals surface area (Å²) in [4.78, 5) is 17.0. The minimum absolute atomic E-state index is 0.164. The lowest BCUT2D eigenvalue weighted by atomic mass is 10.0. The summed E-state index contributed by atoms with van der Waals surface area (Å²) in [6.07, 6.45) is 0.276. The number of amides is 1. The van der Waals surface area contributed by atoms with E-state index in [1.807, 2.05) is 26.8 Å². The SMILES string of the molecule is Cc1noc2nc(C(C)C)cc(C(=O)NCC(C)CC(C)O)c12. The van der Waals surface area contributed by atoms with Gasteiger partial charge in [0.1, 0.15) is 0 Å². The maximum absolute atomic E-state index is 12.6. The molecule has 0 aliphatic rings. The van der Waals surface area contributed by atoms with Gasteiger partial charge in [-0.15, -0.1) is 0 Å². The van der Waals surface area contributed by atoms with E-state index >= 15 is 0 Å². The van der Waals surface area contributed by atoms with E-state index in [4.69, 9.17) is 4.52 Å². The van der Waals surface area contributed by atoms with Crippen molar-refractivity contribution in [2.75, 3.05) is 6.54 Å². The third-order valence-electron chi connectivity index (χ3n) is 3.83. The summed E-state index contributed by atoms with van der Waals surface area (Å²) >= 11 is 0. The number of nitrogens with zero attached hydrogens (tertiary/aromatic N) is 2. The number of aliphatic hydroxyl groups excluding tert-OH is 1. The first kappa shape index (κ1) is 17.4. The molecule has 2 rings (SSSR count). The number of rotatable bonds is 6. The maximum atomic E-state index is 12.6. The van der Waals surface area contributed by atoms with Gasteiger partial charge in [0, 0.05) is 12.2 Å². The van der Waals surface area contributed by atoms with Gasteiger partial charge in [0.2, 0.25) is 0 Å². The van der Waals surface area contributed by atoms with Crippen molar-refractivity contribution in [1.29, 1.82) is 0 Å². The fourth-order valence-electron chi connectivity index (χ4n) is 2.62. The minimum atomic E-state index is -0.373. The van der Waals surface area contributed by atoms with Gasteiger partial charge >= 0.3 is 0 Å². The third-order valence-corrected chi connectivity index (χ3v) is 3.83. The largest absolute Gasteiger partial charge is 0.393 e. The summed E-state index contributed by atoms with van der Waals surface area (Å²) in [5.74, 6) is 0.220. The fourth-order valence-corrected chi connectivity index (χ4v) is 2.62. The third kappa shape index (κ3) is 4.07. The average molecular weight is 319 g/mol. The molecule has 6 heteroatoms. The van der Waals surface area contributed by atoms with Crippen LogP contribution in [0.2, 0.25) is 0 Å². The van der Waals surface area contributed by atoms with Gasteiger partial charge in [-0.3, -0.25) is 4.79 Å². The van der Waals surface area contributed by atoms with Crippen LogP contribution in [0.4, 0.5) is 0 Å². The van der Waals surface area contributed by atoms with E-state index in [0.29, 0.717) is 35.3 Å². The molecule has 2 unspecified atom stereocenters. The zero-order valence-corrected chi connectivity index (χ0v) is 14.4. The second-order valence-corrected chi connectivity index (χ2v) is 6.60. The molecule has 2 N–H and O–H groups in total. The van der Waals surface area contributed by atoms with Crippen molar-refractivity contribution in [3.63, 3.8) is 0 Å². The molecule has 1 amide bonds.